The van der Waals surface area contributed by atoms with Crippen molar-refractivity contribution in [3.63, 3.8) is 0 Å². The lowest BCUT2D eigenvalue weighted by Gasteiger charge is -2.12. The molecule has 0 N–H and O–H groups in total. The van der Waals surface area contributed by atoms with E-state index in [1.54, 1.807) is 6.07 Å². The number of alkyl halides is 2. The molecule has 0 unspecified atom stereocenters. The number of ether oxygens (including phenoxy) is 2. The maximum absolute atomic E-state index is 12.2. The number of carbonyl (C=O) groups is 1. The molecule has 0 amide bonds. The van der Waals surface area contributed by atoms with Gasteiger partial charge < -0.3 is 9.47 Å². The Bertz CT molecular complexity index is 480. The SMILES string of the molecule is COC(=O)c1ccc(C#N)c(OC(F)F)c1C. The molecule has 0 fully saturated rings. The highest BCUT2D eigenvalue weighted by Crippen LogP contribution is 2.28. The molecule has 0 bridgehead atoms. The largest absolute Gasteiger partial charge is 0.465 e. The van der Waals surface area contributed by atoms with E-state index < -0.39 is 12.6 Å². The number of nitrogens with zero attached hydrogens (tertiary/aromatic N) is 1. The first kappa shape index (κ1) is 12.9. The lowest BCUT2D eigenvalue weighted by atomic mass is 10.0. The highest BCUT2D eigenvalue weighted by molar-refractivity contribution is 5.92. The molecular weight excluding hydrogens is 232 g/mol. The summed E-state index contributed by atoms with van der Waals surface area (Å²) in [7, 11) is 1.17. The highest BCUT2D eigenvalue weighted by Gasteiger charge is 2.19. The van der Waals surface area contributed by atoms with Crippen LogP contribution in [0.1, 0.15) is 21.5 Å². The molecule has 0 aromatic heterocycles. The van der Waals surface area contributed by atoms with E-state index in [0.29, 0.717) is 0 Å². The quantitative estimate of drug-likeness (QED) is 0.761. The average molecular weight is 241 g/mol. The molecule has 6 heteroatoms. The third-order valence-corrected chi connectivity index (χ3v) is 2.14. The van der Waals surface area contributed by atoms with Gasteiger partial charge in [0, 0.05) is 5.56 Å². The van der Waals surface area contributed by atoms with Crippen LogP contribution in [0.5, 0.6) is 5.75 Å². The maximum atomic E-state index is 12.2. The maximum Gasteiger partial charge on any atom is 0.387 e. The lowest BCUT2D eigenvalue weighted by Crippen LogP contribution is -2.10. The van der Waals surface area contributed by atoms with Crippen LogP contribution >= 0.6 is 0 Å². The number of rotatable bonds is 3. The fourth-order valence-electron chi connectivity index (χ4n) is 1.35. The molecule has 0 saturated heterocycles. The molecule has 0 atom stereocenters. The molecule has 4 nitrogen and oxygen atoms in total. The van der Waals surface area contributed by atoms with Gasteiger partial charge in [0.1, 0.15) is 11.8 Å². The Morgan fingerprint density at radius 3 is 2.59 bits per heavy atom. The Morgan fingerprint density at radius 2 is 2.12 bits per heavy atom. The molecule has 0 aliphatic heterocycles. The van der Waals surface area contributed by atoms with Crippen LogP contribution in [0.3, 0.4) is 0 Å². The van der Waals surface area contributed by atoms with Crippen LogP contribution in [0.4, 0.5) is 8.78 Å². The predicted octanol–water partition coefficient (Wildman–Crippen LogP) is 2.25. The molecule has 1 rings (SSSR count). The Morgan fingerprint density at radius 1 is 1.47 bits per heavy atom. The van der Waals surface area contributed by atoms with Crippen molar-refractivity contribution in [2.75, 3.05) is 7.11 Å². The number of nitriles is 1. The van der Waals surface area contributed by atoms with Crippen molar-refractivity contribution in [1.82, 2.24) is 0 Å². The number of halogens is 2. The normalized spacial score (nSPS) is 9.88. The number of carbonyl (C=O) groups excluding carboxylic acids is 1. The summed E-state index contributed by atoms with van der Waals surface area (Å²) < 4.78 is 33.1. The van der Waals surface area contributed by atoms with Gasteiger partial charge in [0.25, 0.3) is 0 Å². The van der Waals surface area contributed by atoms with E-state index in [9.17, 15) is 13.6 Å². The van der Waals surface area contributed by atoms with Gasteiger partial charge in [-0.15, -0.1) is 0 Å². The summed E-state index contributed by atoms with van der Waals surface area (Å²) >= 11 is 0. The second kappa shape index (κ2) is 5.25. The third kappa shape index (κ3) is 2.69. The molecule has 1 aromatic carbocycles. The Balaban J connectivity index is 3.33. The van der Waals surface area contributed by atoms with Gasteiger partial charge >= 0.3 is 12.6 Å². The van der Waals surface area contributed by atoms with Gasteiger partial charge in [0.15, 0.2) is 0 Å². The monoisotopic (exact) mass is 241 g/mol. The smallest absolute Gasteiger partial charge is 0.387 e. The zero-order chi connectivity index (χ0) is 13.0. The molecular formula is C11H9F2NO3. The number of hydrogen-bond donors (Lipinski definition) is 0. The highest BCUT2D eigenvalue weighted by atomic mass is 19.3. The average Bonchev–Trinajstić information content (AvgIpc) is 2.30. The summed E-state index contributed by atoms with van der Waals surface area (Å²) in [6, 6.07) is 4.28. The number of benzene rings is 1. The van der Waals surface area contributed by atoms with Crippen LogP contribution in [-0.4, -0.2) is 19.7 Å². The van der Waals surface area contributed by atoms with E-state index in [1.807, 2.05) is 0 Å². The Labute approximate surface area is 96.4 Å². The van der Waals surface area contributed by atoms with Crippen molar-refractivity contribution in [1.29, 1.82) is 5.26 Å². The Hall–Kier alpha value is -2.16. The van der Waals surface area contributed by atoms with E-state index in [2.05, 4.69) is 9.47 Å². The molecule has 0 radical (unpaired) electrons. The molecule has 0 aliphatic carbocycles. The number of methoxy groups -OCH3 is 1. The van der Waals surface area contributed by atoms with Crippen molar-refractivity contribution < 1.29 is 23.0 Å². The summed E-state index contributed by atoms with van der Waals surface area (Å²) in [5.41, 5.74) is 0.175. The first-order valence-corrected chi connectivity index (χ1v) is 4.58. The molecule has 0 aliphatic rings. The van der Waals surface area contributed by atoms with Gasteiger partial charge in [-0.3, -0.25) is 0 Å². The van der Waals surface area contributed by atoms with Gasteiger partial charge in [-0.25, -0.2) is 4.79 Å². The predicted molar refractivity (Wildman–Crippen MR) is 53.9 cm³/mol. The second-order valence-corrected chi connectivity index (χ2v) is 3.10. The van der Waals surface area contributed by atoms with Gasteiger partial charge in [-0.2, -0.15) is 14.0 Å². The van der Waals surface area contributed by atoms with Gasteiger partial charge in [0.05, 0.1) is 18.2 Å². The number of hydrogen-bond acceptors (Lipinski definition) is 4. The second-order valence-electron chi connectivity index (χ2n) is 3.10. The van der Waals surface area contributed by atoms with Crippen molar-refractivity contribution in [2.24, 2.45) is 0 Å². The van der Waals surface area contributed by atoms with Gasteiger partial charge in [-0.05, 0) is 19.1 Å². The zero-order valence-corrected chi connectivity index (χ0v) is 9.16. The zero-order valence-electron chi connectivity index (χ0n) is 9.16. The number of esters is 1. The van der Waals surface area contributed by atoms with E-state index in [4.69, 9.17) is 5.26 Å². The van der Waals surface area contributed by atoms with Crippen LogP contribution in [0.2, 0.25) is 0 Å². The van der Waals surface area contributed by atoms with Gasteiger partial charge in [0.2, 0.25) is 0 Å². The van der Waals surface area contributed by atoms with Crippen molar-refractivity contribution in [3.8, 4) is 11.8 Å². The summed E-state index contributed by atoms with van der Waals surface area (Å²) in [6.45, 7) is -1.65. The summed E-state index contributed by atoms with van der Waals surface area (Å²) in [4.78, 5) is 11.3. The minimum Gasteiger partial charge on any atom is -0.465 e. The molecule has 90 valence electrons. The molecule has 0 saturated carbocycles. The first-order valence-electron chi connectivity index (χ1n) is 4.58. The summed E-state index contributed by atoms with van der Waals surface area (Å²) in [5, 5.41) is 8.75. The summed E-state index contributed by atoms with van der Waals surface area (Å²) in [6.07, 6.45) is 0. The third-order valence-electron chi connectivity index (χ3n) is 2.14. The molecule has 1 aromatic rings. The first-order chi connectivity index (χ1) is 8.01. The van der Waals surface area contributed by atoms with E-state index in [0.717, 1.165) is 0 Å². The van der Waals surface area contributed by atoms with Crippen molar-refractivity contribution in [3.05, 3.63) is 28.8 Å². The topological polar surface area (TPSA) is 59.3 Å². The molecule has 0 spiro atoms. The Kier molecular flexibility index (Phi) is 3.99. The van der Waals surface area contributed by atoms with E-state index in [1.165, 1.54) is 26.2 Å². The van der Waals surface area contributed by atoms with Crippen molar-refractivity contribution in [2.45, 2.75) is 13.5 Å². The standard InChI is InChI=1S/C11H9F2NO3/c1-6-8(10(15)16-2)4-3-7(5-14)9(6)17-11(12)13/h3-4,11H,1-2H3. The minimum atomic E-state index is -3.06. The molecule has 0 heterocycles. The van der Waals surface area contributed by atoms with Crippen LogP contribution < -0.4 is 4.74 Å². The van der Waals surface area contributed by atoms with Gasteiger partial charge in [-0.1, -0.05) is 0 Å². The van der Waals surface area contributed by atoms with Crippen LogP contribution in [0.25, 0.3) is 0 Å². The van der Waals surface area contributed by atoms with Crippen LogP contribution in [0.15, 0.2) is 12.1 Å². The van der Waals surface area contributed by atoms with E-state index in [-0.39, 0.29) is 22.4 Å². The molecule has 17 heavy (non-hydrogen) atoms. The summed E-state index contributed by atoms with van der Waals surface area (Å²) in [5.74, 6) is -0.975. The lowest BCUT2D eigenvalue weighted by molar-refractivity contribution is -0.0505. The van der Waals surface area contributed by atoms with Crippen LogP contribution in [0, 0.1) is 18.3 Å². The minimum absolute atomic E-state index is 0.0598. The van der Waals surface area contributed by atoms with E-state index >= 15 is 0 Å². The van der Waals surface area contributed by atoms with Crippen molar-refractivity contribution >= 4 is 5.97 Å². The van der Waals surface area contributed by atoms with Crippen LogP contribution in [-0.2, 0) is 4.74 Å². The fraction of sp³-hybridized carbons (Fsp3) is 0.273. The fourth-order valence-corrected chi connectivity index (χ4v) is 1.35.